The van der Waals surface area contributed by atoms with Gasteiger partial charge in [0.25, 0.3) is 0 Å². The van der Waals surface area contributed by atoms with Crippen molar-refractivity contribution in [2.45, 2.75) is 44.2 Å². The molecule has 0 aromatic rings. The van der Waals surface area contributed by atoms with Crippen LogP contribution < -0.4 is 10.6 Å². The van der Waals surface area contributed by atoms with Crippen LogP contribution in [0.5, 0.6) is 0 Å². The van der Waals surface area contributed by atoms with Gasteiger partial charge in [0.15, 0.2) is 0 Å². The predicted octanol–water partition coefficient (Wildman–Crippen LogP) is -0.0285. The van der Waals surface area contributed by atoms with E-state index in [1.54, 1.807) is 6.92 Å². The summed E-state index contributed by atoms with van der Waals surface area (Å²) in [5.74, 6) is 0. The molecule has 0 aromatic heterocycles. The molecule has 0 aromatic carbocycles. The molecular formula is C10H20N2O3. The van der Waals surface area contributed by atoms with Gasteiger partial charge in [-0.05, 0) is 19.8 Å². The molecule has 5 heteroatoms. The molecule has 1 saturated carbocycles. The molecule has 0 radical (unpaired) electrons. The first-order valence-corrected chi connectivity index (χ1v) is 5.40. The zero-order chi connectivity index (χ0) is 11.3. The number of carbonyl (C=O) groups is 1. The summed E-state index contributed by atoms with van der Waals surface area (Å²) in [6.45, 7) is 1.05. The van der Waals surface area contributed by atoms with Crippen molar-refractivity contribution in [2.24, 2.45) is 0 Å². The van der Waals surface area contributed by atoms with Crippen molar-refractivity contribution < 1.29 is 15.0 Å². The first kappa shape index (κ1) is 12.3. The number of hydrogen-bond donors (Lipinski definition) is 4. The van der Waals surface area contributed by atoms with Gasteiger partial charge in [0.05, 0.1) is 18.8 Å². The number of urea groups is 1. The second-order valence-electron chi connectivity index (χ2n) is 4.46. The van der Waals surface area contributed by atoms with Crippen LogP contribution in [0.3, 0.4) is 0 Å². The summed E-state index contributed by atoms with van der Waals surface area (Å²) in [7, 11) is 0. The van der Waals surface area contributed by atoms with E-state index >= 15 is 0 Å². The molecule has 1 fully saturated rings. The Balaban J connectivity index is 2.33. The van der Waals surface area contributed by atoms with Gasteiger partial charge in [-0.3, -0.25) is 0 Å². The van der Waals surface area contributed by atoms with Crippen molar-refractivity contribution in [3.63, 3.8) is 0 Å². The average molecular weight is 216 g/mol. The van der Waals surface area contributed by atoms with Crippen LogP contribution in [0.1, 0.15) is 32.6 Å². The number of nitrogens with one attached hydrogen (secondary N) is 2. The minimum atomic E-state index is -0.942. The Morgan fingerprint density at radius 3 is 2.33 bits per heavy atom. The van der Waals surface area contributed by atoms with E-state index in [-0.39, 0.29) is 25.3 Å². The minimum absolute atomic E-state index is 0.242. The Labute approximate surface area is 89.9 Å². The van der Waals surface area contributed by atoms with E-state index in [1.165, 1.54) is 0 Å². The first-order chi connectivity index (χ1) is 7.09. The lowest BCUT2D eigenvalue weighted by molar-refractivity contribution is 0.108. The molecule has 1 aliphatic carbocycles. The highest BCUT2D eigenvalue weighted by atomic mass is 16.3. The summed E-state index contributed by atoms with van der Waals surface area (Å²) in [5, 5.41) is 23.4. The average Bonchev–Trinajstić information content (AvgIpc) is 2.70. The normalized spacial score (nSPS) is 17.8. The molecule has 15 heavy (non-hydrogen) atoms. The number of amides is 2. The zero-order valence-corrected chi connectivity index (χ0v) is 9.12. The maximum atomic E-state index is 11.5. The van der Waals surface area contributed by atoms with Gasteiger partial charge < -0.3 is 20.8 Å². The van der Waals surface area contributed by atoms with Crippen LogP contribution in [0.2, 0.25) is 0 Å². The van der Waals surface area contributed by atoms with Crippen LogP contribution in [0.15, 0.2) is 0 Å². The summed E-state index contributed by atoms with van der Waals surface area (Å²) in [5.41, 5.74) is -0.942. The molecule has 4 N–H and O–H groups in total. The van der Waals surface area contributed by atoms with Crippen molar-refractivity contribution in [3.05, 3.63) is 0 Å². The zero-order valence-electron chi connectivity index (χ0n) is 9.12. The Kier molecular flexibility index (Phi) is 4.35. The Hall–Kier alpha value is -0.810. The van der Waals surface area contributed by atoms with Crippen molar-refractivity contribution >= 4 is 6.03 Å². The summed E-state index contributed by atoms with van der Waals surface area (Å²) < 4.78 is 0. The Bertz CT molecular complexity index is 211. The molecule has 1 aliphatic rings. The lowest BCUT2D eigenvalue weighted by atomic mass is 10.1. The van der Waals surface area contributed by atoms with E-state index in [0.29, 0.717) is 0 Å². The maximum absolute atomic E-state index is 11.5. The standard InChI is InChI=1S/C10H20N2O3/c1-10(6-13,7-14)12-9(15)11-8-4-2-3-5-8/h8,13-14H,2-7H2,1H3,(H2,11,12,15). The van der Waals surface area contributed by atoms with Gasteiger partial charge in [-0.1, -0.05) is 12.8 Å². The van der Waals surface area contributed by atoms with Crippen molar-refractivity contribution in [1.82, 2.24) is 10.6 Å². The molecule has 0 atom stereocenters. The highest BCUT2D eigenvalue weighted by Crippen LogP contribution is 2.17. The highest BCUT2D eigenvalue weighted by Gasteiger charge is 2.26. The summed E-state index contributed by atoms with van der Waals surface area (Å²) in [4.78, 5) is 11.5. The van der Waals surface area contributed by atoms with Crippen LogP contribution in [0.4, 0.5) is 4.79 Å². The Morgan fingerprint density at radius 1 is 1.33 bits per heavy atom. The van der Waals surface area contributed by atoms with E-state index in [0.717, 1.165) is 25.7 Å². The third-order valence-electron chi connectivity index (χ3n) is 2.80. The molecule has 0 heterocycles. The summed E-state index contributed by atoms with van der Waals surface area (Å²) >= 11 is 0. The van der Waals surface area contributed by atoms with Crippen LogP contribution >= 0.6 is 0 Å². The lowest BCUT2D eigenvalue weighted by Gasteiger charge is -2.27. The van der Waals surface area contributed by atoms with Crippen molar-refractivity contribution in [1.29, 1.82) is 0 Å². The van der Waals surface area contributed by atoms with Gasteiger partial charge in [-0.2, -0.15) is 0 Å². The molecule has 0 spiro atoms. The first-order valence-electron chi connectivity index (χ1n) is 5.40. The molecule has 0 unspecified atom stereocenters. The van der Waals surface area contributed by atoms with E-state index in [9.17, 15) is 4.79 Å². The van der Waals surface area contributed by atoms with Gasteiger partial charge in [0, 0.05) is 6.04 Å². The number of carbonyl (C=O) groups excluding carboxylic acids is 1. The molecule has 5 nitrogen and oxygen atoms in total. The smallest absolute Gasteiger partial charge is 0.315 e. The van der Waals surface area contributed by atoms with Gasteiger partial charge in [-0.15, -0.1) is 0 Å². The minimum Gasteiger partial charge on any atom is -0.394 e. The third kappa shape index (κ3) is 3.68. The largest absolute Gasteiger partial charge is 0.394 e. The Morgan fingerprint density at radius 2 is 1.87 bits per heavy atom. The number of aliphatic hydroxyl groups is 2. The number of hydrogen-bond acceptors (Lipinski definition) is 3. The van der Waals surface area contributed by atoms with E-state index in [1.807, 2.05) is 0 Å². The molecule has 0 saturated heterocycles. The maximum Gasteiger partial charge on any atom is 0.315 e. The van der Waals surface area contributed by atoms with Crippen LogP contribution in [-0.2, 0) is 0 Å². The van der Waals surface area contributed by atoms with E-state index in [2.05, 4.69) is 10.6 Å². The SMILES string of the molecule is CC(CO)(CO)NC(=O)NC1CCCC1. The molecule has 2 amide bonds. The quantitative estimate of drug-likeness (QED) is 0.533. The van der Waals surface area contributed by atoms with Gasteiger partial charge in [0.2, 0.25) is 0 Å². The second kappa shape index (κ2) is 5.32. The van der Waals surface area contributed by atoms with Crippen molar-refractivity contribution in [2.75, 3.05) is 13.2 Å². The topological polar surface area (TPSA) is 81.6 Å². The monoisotopic (exact) mass is 216 g/mol. The summed E-state index contributed by atoms with van der Waals surface area (Å²) in [6.07, 6.45) is 4.34. The van der Waals surface area contributed by atoms with E-state index in [4.69, 9.17) is 10.2 Å². The third-order valence-corrected chi connectivity index (χ3v) is 2.80. The molecular weight excluding hydrogens is 196 g/mol. The van der Waals surface area contributed by atoms with Crippen LogP contribution in [0, 0.1) is 0 Å². The fourth-order valence-electron chi connectivity index (χ4n) is 1.69. The van der Waals surface area contributed by atoms with Crippen molar-refractivity contribution in [3.8, 4) is 0 Å². The highest BCUT2D eigenvalue weighted by molar-refractivity contribution is 5.75. The van der Waals surface area contributed by atoms with Gasteiger partial charge >= 0.3 is 6.03 Å². The molecule has 1 rings (SSSR count). The molecule has 0 aliphatic heterocycles. The fourth-order valence-corrected chi connectivity index (χ4v) is 1.69. The molecule has 0 bridgehead atoms. The lowest BCUT2D eigenvalue weighted by Crippen LogP contribution is -2.56. The van der Waals surface area contributed by atoms with Crippen LogP contribution in [0.25, 0.3) is 0 Å². The second-order valence-corrected chi connectivity index (χ2v) is 4.46. The van der Waals surface area contributed by atoms with Gasteiger partial charge in [-0.25, -0.2) is 4.79 Å². The number of rotatable bonds is 4. The molecule has 88 valence electrons. The van der Waals surface area contributed by atoms with E-state index < -0.39 is 5.54 Å². The van der Waals surface area contributed by atoms with Gasteiger partial charge in [0.1, 0.15) is 0 Å². The fraction of sp³-hybridized carbons (Fsp3) is 0.900. The summed E-state index contributed by atoms with van der Waals surface area (Å²) in [6, 6.07) is -0.0702. The predicted molar refractivity (Wildman–Crippen MR) is 56.5 cm³/mol. The van der Waals surface area contributed by atoms with Crippen LogP contribution in [-0.4, -0.2) is 41.0 Å². The number of aliphatic hydroxyl groups excluding tert-OH is 2.